The second kappa shape index (κ2) is 6.71. The van der Waals surface area contributed by atoms with E-state index >= 15 is 0 Å². The predicted molar refractivity (Wildman–Crippen MR) is 81.8 cm³/mol. The third-order valence-electron chi connectivity index (χ3n) is 3.72. The standard InChI is InChI=1S/C15H24ClN3/c1-12-10-17-7-8-19(12)15(11-18(2)3)13-5-4-6-14(16)9-13/h4-6,9,12,15,17H,7-8,10-11H2,1-3H3. The molecule has 0 aromatic heterocycles. The fraction of sp³-hybridized carbons (Fsp3) is 0.600. The lowest BCUT2D eigenvalue weighted by molar-refractivity contribution is 0.0968. The van der Waals surface area contributed by atoms with Crippen molar-refractivity contribution in [1.82, 2.24) is 15.1 Å². The van der Waals surface area contributed by atoms with Gasteiger partial charge >= 0.3 is 0 Å². The van der Waals surface area contributed by atoms with Crippen molar-refractivity contribution in [3.63, 3.8) is 0 Å². The minimum atomic E-state index is 0.408. The van der Waals surface area contributed by atoms with Crippen LogP contribution in [0.25, 0.3) is 0 Å². The van der Waals surface area contributed by atoms with Crippen LogP contribution >= 0.6 is 11.6 Å². The van der Waals surface area contributed by atoms with E-state index in [2.05, 4.69) is 48.3 Å². The summed E-state index contributed by atoms with van der Waals surface area (Å²) in [5.41, 5.74) is 1.31. The molecular formula is C15H24ClN3. The van der Waals surface area contributed by atoms with Crippen molar-refractivity contribution in [3.8, 4) is 0 Å². The Morgan fingerprint density at radius 1 is 1.47 bits per heavy atom. The molecule has 0 radical (unpaired) electrons. The molecule has 2 unspecified atom stereocenters. The highest BCUT2D eigenvalue weighted by Gasteiger charge is 2.27. The second-order valence-corrected chi connectivity index (χ2v) is 6.06. The van der Waals surface area contributed by atoms with Gasteiger partial charge in [-0.15, -0.1) is 0 Å². The summed E-state index contributed by atoms with van der Waals surface area (Å²) in [6.45, 7) is 6.52. The van der Waals surface area contributed by atoms with Gasteiger partial charge in [0.05, 0.1) is 0 Å². The molecule has 0 aliphatic carbocycles. The van der Waals surface area contributed by atoms with Crippen molar-refractivity contribution in [3.05, 3.63) is 34.9 Å². The summed E-state index contributed by atoms with van der Waals surface area (Å²) in [6, 6.07) is 9.24. The monoisotopic (exact) mass is 281 g/mol. The van der Waals surface area contributed by atoms with E-state index in [1.165, 1.54) is 5.56 Å². The van der Waals surface area contributed by atoms with Gasteiger partial charge in [-0.3, -0.25) is 4.90 Å². The molecule has 1 N–H and O–H groups in total. The Morgan fingerprint density at radius 3 is 2.89 bits per heavy atom. The first-order valence-corrected chi connectivity index (χ1v) is 7.32. The normalized spacial score (nSPS) is 22.7. The number of nitrogens with zero attached hydrogens (tertiary/aromatic N) is 2. The van der Waals surface area contributed by atoms with Crippen molar-refractivity contribution in [2.24, 2.45) is 0 Å². The summed E-state index contributed by atoms with van der Waals surface area (Å²) in [5.74, 6) is 0. The van der Waals surface area contributed by atoms with Gasteiger partial charge in [-0.05, 0) is 38.7 Å². The van der Waals surface area contributed by atoms with Crippen molar-refractivity contribution in [2.45, 2.75) is 19.0 Å². The molecule has 2 rings (SSSR count). The number of hydrogen-bond donors (Lipinski definition) is 1. The highest BCUT2D eigenvalue weighted by molar-refractivity contribution is 6.30. The zero-order valence-corrected chi connectivity index (χ0v) is 12.8. The fourth-order valence-electron chi connectivity index (χ4n) is 2.78. The number of hydrogen-bond acceptors (Lipinski definition) is 3. The second-order valence-electron chi connectivity index (χ2n) is 5.62. The van der Waals surface area contributed by atoms with Crippen LogP contribution in [0.4, 0.5) is 0 Å². The number of rotatable bonds is 4. The summed E-state index contributed by atoms with van der Waals surface area (Å²) in [7, 11) is 4.26. The number of benzene rings is 1. The molecule has 1 aromatic rings. The molecule has 1 aliphatic heterocycles. The lowest BCUT2D eigenvalue weighted by Crippen LogP contribution is -2.52. The molecule has 1 aromatic carbocycles. The summed E-state index contributed by atoms with van der Waals surface area (Å²) >= 11 is 6.16. The first-order valence-electron chi connectivity index (χ1n) is 6.94. The van der Waals surface area contributed by atoms with E-state index in [1.54, 1.807) is 0 Å². The third-order valence-corrected chi connectivity index (χ3v) is 3.96. The number of likely N-dealkylation sites (N-methyl/N-ethyl adjacent to an activating group) is 1. The zero-order chi connectivity index (χ0) is 13.8. The van der Waals surface area contributed by atoms with E-state index in [1.807, 2.05) is 12.1 Å². The van der Waals surface area contributed by atoms with E-state index in [4.69, 9.17) is 11.6 Å². The number of halogens is 1. The van der Waals surface area contributed by atoms with Crippen LogP contribution in [0.2, 0.25) is 5.02 Å². The van der Waals surface area contributed by atoms with Gasteiger partial charge in [0.1, 0.15) is 0 Å². The maximum atomic E-state index is 6.16. The van der Waals surface area contributed by atoms with Crippen LogP contribution in [-0.2, 0) is 0 Å². The van der Waals surface area contributed by atoms with Crippen molar-refractivity contribution in [1.29, 1.82) is 0 Å². The van der Waals surface area contributed by atoms with Gasteiger partial charge in [0.2, 0.25) is 0 Å². The Kier molecular flexibility index (Phi) is 5.22. The summed E-state index contributed by atoms with van der Waals surface area (Å²) in [6.07, 6.45) is 0. The van der Waals surface area contributed by atoms with Gasteiger partial charge in [0, 0.05) is 43.3 Å². The minimum Gasteiger partial charge on any atom is -0.314 e. The highest BCUT2D eigenvalue weighted by Crippen LogP contribution is 2.26. The highest BCUT2D eigenvalue weighted by atomic mass is 35.5. The Bertz CT molecular complexity index is 408. The van der Waals surface area contributed by atoms with Crippen molar-refractivity contribution in [2.75, 3.05) is 40.3 Å². The quantitative estimate of drug-likeness (QED) is 0.913. The number of piperazine rings is 1. The van der Waals surface area contributed by atoms with E-state index in [-0.39, 0.29) is 0 Å². The van der Waals surface area contributed by atoms with Crippen LogP contribution in [0.3, 0.4) is 0 Å². The molecule has 1 heterocycles. The summed E-state index contributed by atoms with van der Waals surface area (Å²) < 4.78 is 0. The maximum absolute atomic E-state index is 6.16. The Morgan fingerprint density at radius 2 is 2.26 bits per heavy atom. The molecule has 0 saturated carbocycles. The van der Waals surface area contributed by atoms with Gasteiger partial charge in [-0.1, -0.05) is 23.7 Å². The Balaban J connectivity index is 2.24. The van der Waals surface area contributed by atoms with E-state index < -0.39 is 0 Å². The van der Waals surface area contributed by atoms with Crippen LogP contribution in [0, 0.1) is 0 Å². The molecule has 1 aliphatic rings. The van der Waals surface area contributed by atoms with E-state index in [0.29, 0.717) is 12.1 Å². The molecule has 106 valence electrons. The van der Waals surface area contributed by atoms with Gasteiger partial charge in [0.25, 0.3) is 0 Å². The van der Waals surface area contributed by atoms with Crippen LogP contribution in [-0.4, -0.2) is 56.1 Å². The first kappa shape index (κ1) is 14.8. The molecule has 0 bridgehead atoms. The summed E-state index contributed by atoms with van der Waals surface area (Å²) in [4.78, 5) is 4.84. The lowest BCUT2D eigenvalue weighted by Gasteiger charge is -2.41. The average Bonchev–Trinajstić information content (AvgIpc) is 2.37. The van der Waals surface area contributed by atoms with Crippen LogP contribution in [0.1, 0.15) is 18.5 Å². The van der Waals surface area contributed by atoms with E-state index in [9.17, 15) is 0 Å². The molecule has 19 heavy (non-hydrogen) atoms. The molecule has 0 spiro atoms. The van der Waals surface area contributed by atoms with Gasteiger partial charge < -0.3 is 10.2 Å². The minimum absolute atomic E-state index is 0.408. The van der Waals surface area contributed by atoms with Gasteiger partial charge in [-0.2, -0.15) is 0 Å². The molecular weight excluding hydrogens is 258 g/mol. The molecule has 3 nitrogen and oxygen atoms in total. The van der Waals surface area contributed by atoms with Crippen LogP contribution in [0.5, 0.6) is 0 Å². The number of nitrogens with one attached hydrogen (secondary N) is 1. The van der Waals surface area contributed by atoms with Crippen molar-refractivity contribution >= 4 is 11.6 Å². The average molecular weight is 282 g/mol. The molecule has 2 atom stereocenters. The van der Waals surface area contributed by atoms with Gasteiger partial charge in [-0.25, -0.2) is 0 Å². The van der Waals surface area contributed by atoms with E-state index in [0.717, 1.165) is 31.2 Å². The molecule has 1 fully saturated rings. The molecule has 1 saturated heterocycles. The van der Waals surface area contributed by atoms with Crippen LogP contribution in [0.15, 0.2) is 24.3 Å². The Labute approximate surface area is 121 Å². The summed E-state index contributed by atoms with van der Waals surface area (Å²) in [5, 5.41) is 4.28. The molecule has 0 amide bonds. The van der Waals surface area contributed by atoms with Crippen LogP contribution < -0.4 is 5.32 Å². The third kappa shape index (κ3) is 3.93. The smallest absolute Gasteiger partial charge is 0.0479 e. The van der Waals surface area contributed by atoms with Crippen molar-refractivity contribution < 1.29 is 0 Å². The fourth-order valence-corrected chi connectivity index (χ4v) is 2.98. The first-order chi connectivity index (χ1) is 9.08. The van der Waals surface area contributed by atoms with Gasteiger partial charge in [0.15, 0.2) is 0 Å². The Hall–Kier alpha value is -0.610. The zero-order valence-electron chi connectivity index (χ0n) is 12.1. The lowest BCUT2D eigenvalue weighted by atomic mass is 10.0. The maximum Gasteiger partial charge on any atom is 0.0479 e. The topological polar surface area (TPSA) is 18.5 Å². The predicted octanol–water partition coefficient (Wildman–Crippen LogP) is 2.24. The molecule has 4 heteroatoms. The SMILES string of the molecule is CC1CNCCN1C(CN(C)C)c1cccc(Cl)c1. The largest absolute Gasteiger partial charge is 0.314 e.